The molecule has 1 unspecified atom stereocenters. The number of hydrogen-bond acceptors (Lipinski definition) is 4. The summed E-state index contributed by atoms with van der Waals surface area (Å²) in [4.78, 5) is 0. The minimum Gasteiger partial charge on any atom is -0.359 e. The third-order valence-electron chi connectivity index (χ3n) is 1.97. The van der Waals surface area contributed by atoms with Gasteiger partial charge in [0, 0.05) is 13.7 Å². The molecule has 0 amide bonds. The SMILES string of the molecule is C=CC[C@@H](COCOC)OC(OCC)C(=C)C. The van der Waals surface area contributed by atoms with Gasteiger partial charge in [0.05, 0.1) is 12.7 Å². The molecule has 0 heterocycles. The summed E-state index contributed by atoms with van der Waals surface area (Å²) in [5.74, 6) is 0. The number of rotatable bonds is 11. The van der Waals surface area contributed by atoms with Crippen LogP contribution in [-0.4, -0.2) is 39.5 Å². The van der Waals surface area contributed by atoms with Gasteiger partial charge in [-0.05, 0) is 25.8 Å². The Labute approximate surface area is 104 Å². The predicted octanol–water partition coefficient (Wildman–Crippen LogP) is 2.51. The average Bonchev–Trinajstić information content (AvgIpc) is 2.28. The second-order valence-electron chi connectivity index (χ2n) is 3.69. The molecule has 0 spiro atoms. The summed E-state index contributed by atoms with van der Waals surface area (Å²) in [6.45, 7) is 12.6. The molecule has 0 fully saturated rings. The van der Waals surface area contributed by atoms with Crippen molar-refractivity contribution in [3.05, 3.63) is 24.8 Å². The molecule has 4 heteroatoms. The van der Waals surface area contributed by atoms with Crippen LogP contribution < -0.4 is 0 Å². The van der Waals surface area contributed by atoms with Gasteiger partial charge in [-0.2, -0.15) is 0 Å². The molecule has 0 saturated carbocycles. The van der Waals surface area contributed by atoms with Crippen LogP contribution in [-0.2, 0) is 18.9 Å². The van der Waals surface area contributed by atoms with E-state index in [1.54, 1.807) is 13.2 Å². The minimum absolute atomic E-state index is 0.101. The van der Waals surface area contributed by atoms with E-state index in [1.807, 2.05) is 13.8 Å². The lowest BCUT2D eigenvalue weighted by atomic mass is 10.2. The van der Waals surface area contributed by atoms with Gasteiger partial charge >= 0.3 is 0 Å². The van der Waals surface area contributed by atoms with Crippen molar-refractivity contribution in [2.24, 2.45) is 0 Å². The Hall–Kier alpha value is -0.680. The van der Waals surface area contributed by atoms with E-state index in [2.05, 4.69) is 13.2 Å². The topological polar surface area (TPSA) is 36.9 Å². The molecule has 4 nitrogen and oxygen atoms in total. The third-order valence-corrected chi connectivity index (χ3v) is 1.97. The van der Waals surface area contributed by atoms with Gasteiger partial charge in [0.25, 0.3) is 0 Å². The van der Waals surface area contributed by atoms with Gasteiger partial charge in [-0.3, -0.25) is 0 Å². The van der Waals surface area contributed by atoms with E-state index in [1.165, 1.54) is 0 Å². The first-order valence-electron chi connectivity index (χ1n) is 5.75. The van der Waals surface area contributed by atoms with E-state index in [0.29, 0.717) is 19.6 Å². The van der Waals surface area contributed by atoms with Gasteiger partial charge in [-0.25, -0.2) is 0 Å². The molecule has 0 aliphatic rings. The molecule has 0 bridgehead atoms. The van der Waals surface area contributed by atoms with E-state index >= 15 is 0 Å². The monoisotopic (exact) mass is 244 g/mol. The van der Waals surface area contributed by atoms with Gasteiger partial charge in [-0.15, -0.1) is 6.58 Å². The summed E-state index contributed by atoms with van der Waals surface area (Å²) in [6.07, 6.45) is 2.00. The Bertz CT molecular complexity index is 215. The first kappa shape index (κ1) is 16.3. The van der Waals surface area contributed by atoms with Gasteiger partial charge in [0.15, 0.2) is 6.29 Å². The van der Waals surface area contributed by atoms with Crippen molar-refractivity contribution in [3.8, 4) is 0 Å². The normalized spacial score (nSPS) is 14.3. The van der Waals surface area contributed by atoms with Crippen LogP contribution >= 0.6 is 0 Å². The second-order valence-corrected chi connectivity index (χ2v) is 3.69. The maximum absolute atomic E-state index is 5.77. The van der Waals surface area contributed by atoms with E-state index in [0.717, 1.165) is 5.57 Å². The Kier molecular flexibility index (Phi) is 10.1. The second kappa shape index (κ2) is 10.5. The summed E-state index contributed by atoms with van der Waals surface area (Å²) in [7, 11) is 1.58. The fourth-order valence-corrected chi connectivity index (χ4v) is 1.24. The van der Waals surface area contributed by atoms with Crippen LogP contribution in [0, 0.1) is 0 Å². The van der Waals surface area contributed by atoms with Crippen LogP contribution in [0.1, 0.15) is 20.3 Å². The number of ether oxygens (including phenoxy) is 4. The molecule has 0 aromatic rings. The van der Waals surface area contributed by atoms with E-state index in [4.69, 9.17) is 18.9 Å². The van der Waals surface area contributed by atoms with Crippen molar-refractivity contribution in [1.29, 1.82) is 0 Å². The van der Waals surface area contributed by atoms with E-state index < -0.39 is 6.29 Å². The molecule has 0 aliphatic heterocycles. The van der Waals surface area contributed by atoms with Gasteiger partial charge in [0.2, 0.25) is 0 Å². The van der Waals surface area contributed by atoms with Crippen LogP contribution in [0.15, 0.2) is 24.8 Å². The van der Waals surface area contributed by atoms with Crippen molar-refractivity contribution >= 4 is 0 Å². The smallest absolute Gasteiger partial charge is 0.179 e. The molecule has 0 aliphatic carbocycles. The maximum Gasteiger partial charge on any atom is 0.179 e. The zero-order valence-corrected chi connectivity index (χ0v) is 11.1. The summed E-state index contributed by atoms with van der Waals surface area (Å²) >= 11 is 0. The average molecular weight is 244 g/mol. The number of methoxy groups -OCH3 is 1. The molecule has 100 valence electrons. The highest BCUT2D eigenvalue weighted by Gasteiger charge is 2.16. The molecule has 0 rings (SSSR count). The van der Waals surface area contributed by atoms with Crippen LogP contribution in [0.4, 0.5) is 0 Å². The lowest BCUT2D eigenvalue weighted by Crippen LogP contribution is -2.29. The highest BCUT2D eigenvalue weighted by atomic mass is 16.7. The fourth-order valence-electron chi connectivity index (χ4n) is 1.24. The van der Waals surface area contributed by atoms with Gasteiger partial charge in [0.1, 0.15) is 6.79 Å². The zero-order valence-electron chi connectivity index (χ0n) is 11.1. The summed E-state index contributed by atoms with van der Waals surface area (Å²) in [6, 6.07) is 0. The van der Waals surface area contributed by atoms with E-state index in [-0.39, 0.29) is 12.9 Å². The van der Waals surface area contributed by atoms with Crippen molar-refractivity contribution in [2.75, 3.05) is 27.1 Å². The molecular formula is C13H24O4. The maximum atomic E-state index is 5.77. The lowest BCUT2D eigenvalue weighted by molar-refractivity contribution is -0.168. The quantitative estimate of drug-likeness (QED) is 0.318. The van der Waals surface area contributed by atoms with Crippen LogP contribution in [0.25, 0.3) is 0 Å². The summed E-state index contributed by atoms with van der Waals surface area (Å²) < 4.78 is 21.3. The fraction of sp³-hybridized carbons (Fsp3) is 0.692. The Morgan fingerprint density at radius 3 is 2.59 bits per heavy atom. The van der Waals surface area contributed by atoms with Crippen LogP contribution in [0.2, 0.25) is 0 Å². The molecule has 0 radical (unpaired) electrons. The largest absolute Gasteiger partial charge is 0.359 e. The molecule has 0 saturated heterocycles. The molecule has 0 N–H and O–H groups in total. The minimum atomic E-state index is -0.393. The lowest BCUT2D eigenvalue weighted by Gasteiger charge is -2.24. The first-order chi connectivity index (χ1) is 8.15. The summed E-state index contributed by atoms with van der Waals surface area (Å²) in [5.41, 5.74) is 0.840. The third kappa shape index (κ3) is 8.10. The molecule has 0 aromatic heterocycles. The van der Waals surface area contributed by atoms with Crippen molar-refractivity contribution in [2.45, 2.75) is 32.7 Å². The van der Waals surface area contributed by atoms with Crippen molar-refractivity contribution < 1.29 is 18.9 Å². The predicted molar refractivity (Wildman–Crippen MR) is 67.7 cm³/mol. The molecule has 2 atom stereocenters. The van der Waals surface area contributed by atoms with Crippen molar-refractivity contribution in [3.63, 3.8) is 0 Å². The van der Waals surface area contributed by atoms with Crippen molar-refractivity contribution in [1.82, 2.24) is 0 Å². The summed E-state index contributed by atoms with van der Waals surface area (Å²) in [5, 5.41) is 0. The molecule has 0 aromatic carbocycles. The number of hydrogen-bond donors (Lipinski definition) is 0. The standard InChI is InChI=1S/C13H24O4/c1-6-8-12(9-15-10-14-5)17-13(11(3)4)16-7-2/h6,12-13H,1,3,7-10H2,2,4-5H3/t12-,13?/m0/s1. The first-order valence-corrected chi connectivity index (χ1v) is 5.75. The van der Waals surface area contributed by atoms with Gasteiger partial charge < -0.3 is 18.9 Å². The Balaban J connectivity index is 4.17. The zero-order chi connectivity index (χ0) is 13.1. The molecular weight excluding hydrogens is 220 g/mol. The highest BCUT2D eigenvalue weighted by molar-refractivity contribution is 4.93. The van der Waals surface area contributed by atoms with Crippen LogP contribution in [0.5, 0.6) is 0 Å². The Morgan fingerprint density at radius 2 is 2.12 bits per heavy atom. The Morgan fingerprint density at radius 1 is 1.41 bits per heavy atom. The molecule has 17 heavy (non-hydrogen) atoms. The highest BCUT2D eigenvalue weighted by Crippen LogP contribution is 2.12. The van der Waals surface area contributed by atoms with E-state index in [9.17, 15) is 0 Å². The van der Waals surface area contributed by atoms with Gasteiger partial charge in [-0.1, -0.05) is 12.7 Å². The van der Waals surface area contributed by atoms with Crippen LogP contribution in [0.3, 0.4) is 0 Å².